The van der Waals surface area contributed by atoms with Crippen LogP contribution < -0.4 is 5.32 Å². The first kappa shape index (κ1) is 15.8. The summed E-state index contributed by atoms with van der Waals surface area (Å²) in [4.78, 5) is 17.5. The van der Waals surface area contributed by atoms with Crippen LogP contribution in [0.2, 0.25) is 0 Å². The van der Waals surface area contributed by atoms with Gasteiger partial charge >= 0.3 is 0 Å². The van der Waals surface area contributed by atoms with Gasteiger partial charge in [0.2, 0.25) is 0 Å². The van der Waals surface area contributed by atoms with E-state index in [-0.39, 0.29) is 5.91 Å². The number of carbonyl (C=O) groups excluding carboxylic acids is 1. The number of aliphatic hydroxyl groups is 1. The molecule has 2 aromatic heterocycles. The second-order valence-corrected chi connectivity index (χ2v) is 6.64. The fourth-order valence-corrected chi connectivity index (χ4v) is 3.72. The SMILES string of the molecule is Cc1cc(C(=O)NC2c3ccccc3CC2O)c2c(C)nn(C)c2n1. The van der Waals surface area contributed by atoms with Crippen molar-refractivity contribution in [2.75, 3.05) is 0 Å². The van der Waals surface area contributed by atoms with Crippen molar-refractivity contribution in [3.05, 3.63) is 58.4 Å². The van der Waals surface area contributed by atoms with Gasteiger partial charge in [-0.3, -0.25) is 9.48 Å². The highest BCUT2D eigenvalue weighted by molar-refractivity contribution is 6.06. The summed E-state index contributed by atoms with van der Waals surface area (Å²) in [6.45, 7) is 3.73. The van der Waals surface area contributed by atoms with Gasteiger partial charge in [-0.1, -0.05) is 24.3 Å². The third-order valence-electron chi connectivity index (χ3n) is 4.83. The number of hydrogen-bond acceptors (Lipinski definition) is 4. The minimum Gasteiger partial charge on any atom is -0.390 e. The Morgan fingerprint density at radius 3 is 2.88 bits per heavy atom. The van der Waals surface area contributed by atoms with Gasteiger partial charge in [-0.05, 0) is 31.0 Å². The van der Waals surface area contributed by atoms with Crippen LogP contribution in [-0.2, 0) is 13.5 Å². The Labute approximate surface area is 145 Å². The molecule has 0 saturated heterocycles. The number of rotatable bonds is 2. The lowest BCUT2D eigenvalue weighted by atomic mass is 10.1. The Morgan fingerprint density at radius 2 is 2.08 bits per heavy atom. The van der Waals surface area contributed by atoms with E-state index in [9.17, 15) is 9.90 Å². The third-order valence-corrected chi connectivity index (χ3v) is 4.83. The maximum Gasteiger partial charge on any atom is 0.252 e. The normalized spacial score (nSPS) is 19.2. The average molecular weight is 336 g/mol. The smallest absolute Gasteiger partial charge is 0.252 e. The maximum atomic E-state index is 13.0. The van der Waals surface area contributed by atoms with Gasteiger partial charge in [0.25, 0.3) is 5.91 Å². The van der Waals surface area contributed by atoms with Crippen LogP contribution >= 0.6 is 0 Å². The van der Waals surface area contributed by atoms with Crippen LogP contribution in [0.3, 0.4) is 0 Å². The molecule has 2 unspecified atom stereocenters. The van der Waals surface area contributed by atoms with Crippen molar-refractivity contribution in [1.29, 1.82) is 0 Å². The van der Waals surface area contributed by atoms with E-state index in [4.69, 9.17) is 0 Å². The number of aryl methyl sites for hydroxylation is 3. The van der Waals surface area contributed by atoms with E-state index in [0.717, 1.165) is 27.9 Å². The van der Waals surface area contributed by atoms with Gasteiger partial charge in [-0.2, -0.15) is 5.10 Å². The van der Waals surface area contributed by atoms with Crippen molar-refractivity contribution in [3.8, 4) is 0 Å². The van der Waals surface area contributed by atoms with Crippen LogP contribution in [0.4, 0.5) is 0 Å². The minimum absolute atomic E-state index is 0.215. The van der Waals surface area contributed by atoms with Gasteiger partial charge in [0, 0.05) is 19.2 Å². The number of aliphatic hydroxyl groups excluding tert-OH is 1. The van der Waals surface area contributed by atoms with Gasteiger partial charge in [-0.15, -0.1) is 0 Å². The molecular formula is C19H20N4O2. The van der Waals surface area contributed by atoms with Crippen molar-refractivity contribution >= 4 is 16.9 Å². The molecule has 2 atom stereocenters. The molecule has 128 valence electrons. The second-order valence-electron chi connectivity index (χ2n) is 6.64. The van der Waals surface area contributed by atoms with Crippen molar-refractivity contribution in [3.63, 3.8) is 0 Å². The number of nitrogens with one attached hydrogen (secondary N) is 1. The number of amides is 1. The zero-order valence-corrected chi connectivity index (χ0v) is 14.4. The monoisotopic (exact) mass is 336 g/mol. The van der Waals surface area contributed by atoms with Crippen LogP contribution in [0.5, 0.6) is 0 Å². The fourth-order valence-electron chi connectivity index (χ4n) is 3.72. The molecule has 1 aromatic carbocycles. The fraction of sp³-hybridized carbons (Fsp3) is 0.316. The van der Waals surface area contributed by atoms with E-state index in [2.05, 4.69) is 15.4 Å². The molecule has 1 aliphatic rings. The van der Waals surface area contributed by atoms with Crippen LogP contribution in [0.1, 0.15) is 38.9 Å². The predicted octanol–water partition coefficient (Wildman–Crippen LogP) is 1.97. The van der Waals surface area contributed by atoms with E-state index in [0.29, 0.717) is 17.6 Å². The molecular weight excluding hydrogens is 316 g/mol. The van der Waals surface area contributed by atoms with E-state index in [1.54, 1.807) is 10.7 Å². The largest absolute Gasteiger partial charge is 0.390 e. The average Bonchev–Trinajstić information content (AvgIpc) is 3.04. The van der Waals surface area contributed by atoms with Crippen molar-refractivity contribution in [2.45, 2.75) is 32.4 Å². The molecule has 0 spiro atoms. The Bertz CT molecular complexity index is 992. The van der Waals surface area contributed by atoms with Crippen LogP contribution in [-0.4, -0.2) is 31.9 Å². The van der Waals surface area contributed by atoms with Gasteiger partial charge in [-0.25, -0.2) is 4.98 Å². The molecule has 0 bridgehead atoms. The molecule has 0 saturated carbocycles. The van der Waals surface area contributed by atoms with Gasteiger partial charge in [0.1, 0.15) is 0 Å². The highest BCUT2D eigenvalue weighted by Crippen LogP contribution is 2.32. The zero-order valence-electron chi connectivity index (χ0n) is 14.4. The molecule has 2 N–H and O–H groups in total. The predicted molar refractivity (Wildman–Crippen MR) is 94.3 cm³/mol. The summed E-state index contributed by atoms with van der Waals surface area (Å²) in [5, 5.41) is 18.5. The number of benzene rings is 1. The molecule has 3 aromatic rings. The molecule has 6 nitrogen and oxygen atoms in total. The third kappa shape index (κ3) is 2.49. The van der Waals surface area contributed by atoms with Crippen LogP contribution in [0, 0.1) is 13.8 Å². The molecule has 4 rings (SSSR count). The highest BCUT2D eigenvalue weighted by Gasteiger charge is 2.32. The molecule has 0 aliphatic heterocycles. The van der Waals surface area contributed by atoms with Gasteiger partial charge in [0.15, 0.2) is 5.65 Å². The van der Waals surface area contributed by atoms with E-state index >= 15 is 0 Å². The Hall–Kier alpha value is -2.73. The lowest BCUT2D eigenvalue weighted by molar-refractivity contribution is 0.0859. The Morgan fingerprint density at radius 1 is 1.32 bits per heavy atom. The Kier molecular flexibility index (Phi) is 3.58. The molecule has 6 heteroatoms. The highest BCUT2D eigenvalue weighted by atomic mass is 16.3. The summed E-state index contributed by atoms with van der Waals surface area (Å²) in [6.07, 6.45) is -0.0626. The zero-order chi connectivity index (χ0) is 17.7. The number of aromatic nitrogens is 3. The molecule has 2 heterocycles. The number of hydrogen-bond donors (Lipinski definition) is 2. The van der Waals surface area contributed by atoms with E-state index in [1.807, 2.05) is 45.2 Å². The first-order valence-corrected chi connectivity index (χ1v) is 8.33. The molecule has 25 heavy (non-hydrogen) atoms. The van der Waals surface area contributed by atoms with Crippen LogP contribution in [0.25, 0.3) is 11.0 Å². The number of pyridine rings is 1. The molecule has 0 radical (unpaired) electrons. The quantitative estimate of drug-likeness (QED) is 0.750. The Balaban J connectivity index is 1.74. The summed E-state index contributed by atoms with van der Waals surface area (Å²) >= 11 is 0. The van der Waals surface area contributed by atoms with Crippen molar-refractivity contribution in [1.82, 2.24) is 20.1 Å². The van der Waals surface area contributed by atoms with Gasteiger partial charge in [0.05, 0.1) is 28.8 Å². The number of carbonyl (C=O) groups is 1. The summed E-state index contributed by atoms with van der Waals surface area (Å²) < 4.78 is 1.69. The molecule has 1 amide bonds. The molecule has 0 fully saturated rings. The first-order valence-electron chi connectivity index (χ1n) is 8.33. The minimum atomic E-state index is -0.616. The topological polar surface area (TPSA) is 80.0 Å². The summed E-state index contributed by atoms with van der Waals surface area (Å²) in [6, 6.07) is 9.20. The van der Waals surface area contributed by atoms with E-state index < -0.39 is 12.1 Å². The summed E-state index contributed by atoms with van der Waals surface area (Å²) in [5.41, 5.74) is 4.82. The lowest BCUT2D eigenvalue weighted by Crippen LogP contribution is -2.34. The standard InChI is InChI=1S/C19H20N4O2/c1-10-8-14(16-11(2)22-23(3)18(16)20-10)19(25)21-17-13-7-5-4-6-12(13)9-15(17)24/h4-8,15,17,24H,9H2,1-3H3,(H,21,25). The lowest BCUT2D eigenvalue weighted by Gasteiger charge is -2.18. The van der Waals surface area contributed by atoms with E-state index in [1.165, 1.54) is 0 Å². The summed E-state index contributed by atoms with van der Waals surface area (Å²) in [5.74, 6) is -0.215. The number of fused-ring (bicyclic) bond motifs is 2. The maximum absolute atomic E-state index is 13.0. The number of nitrogens with zero attached hydrogens (tertiary/aromatic N) is 3. The second kappa shape index (κ2) is 5.67. The van der Waals surface area contributed by atoms with Crippen LogP contribution in [0.15, 0.2) is 30.3 Å². The molecule has 1 aliphatic carbocycles. The van der Waals surface area contributed by atoms with Crippen molar-refractivity contribution in [2.24, 2.45) is 7.05 Å². The summed E-state index contributed by atoms with van der Waals surface area (Å²) in [7, 11) is 1.82. The first-order chi connectivity index (χ1) is 12.0. The van der Waals surface area contributed by atoms with Crippen molar-refractivity contribution < 1.29 is 9.90 Å². The van der Waals surface area contributed by atoms with Gasteiger partial charge < -0.3 is 10.4 Å².